The fourth-order valence-corrected chi connectivity index (χ4v) is 1.91. The van der Waals surface area contributed by atoms with Crippen LogP contribution in [0.1, 0.15) is 40.0 Å². The van der Waals surface area contributed by atoms with Crippen molar-refractivity contribution in [2.24, 2.45) is 11.7 Å². The van der Waals surface area contributed by atoms with Gasteiger partial charge >= 0.3 is 6.09 Å². The molecule has 4 heteroatoms. The van der Waals surface area contributed by atoms with E-state index in [0.29, 0.717) is 5.92 Å². The average Bonchev–Trinajstić information content (AvgIpc) is 2.39. The second kappa shape index (κ2) is 5.53. The second-order valence-electron chi connectivity index (χ2n) is 5.50. The molecule has 1 aliphatic rings. The Balaban J connectivity index is 2.45. The molecule has 0 bridgehead atoms. The summed E-state index contributed by atoms with van der Waals surface area (Å²) in [6.07, 6.45) is 2.96. The Morgan fingerprint density at radius 2 is 2.06 bits per heavy atom. The maximum atomic E-state index is 11.8. The van der Waals surface area contributed by atoms with E-state index in [9.17, 15) is 4.79 Å². The minimum Gasteiger partial charge on any atom is -0.444 e. The molecule has 16 heavy (non-hydrogen) atoms. The summed E-state index contributed by atoms with van der Waals surface area (Å²) in [6.45, 7) is 7.98. The number of hydrogen-bond acceptors (Lipinski definition) is 3. The summed E-state index contributed by atoms with van der Waals surface area (Å²) in [5.74, 6) is 0.562. The highest BCUT2D eigenvalue weighted by Gasteiger charge is 2.24. The van der Waals surface area contributed by atoms with Crippen LogP contribution < -0.4 is 5.73 Å². The van der Waals surface area contributed by atoms with Gasteiger partial charge in [-0.05, 0) is 52.5 Å². The smallest absolute Gasteiger partial charge is 0.410 e. The van der Waals surface area contributed by atoms with E-state index in [1.807, 2.05) is 20.8 Å². The normalized spacial score (nSPS) is 22.8. The standard InChI is InChI=1S/C12H24N2O2/c1-12(2,3)16-11(15)14-7-4-5-10(9-13)6-8-14/h10H,4-9,13H2,1-3H3. The highest BCUT2D eigenvalue weighted by Crippen LogP contribution is 2.18. The number of rotatable bonds is 1. The van der Waals surface area contributed by atoms with Crippen molar-refractivity contribution in [1.29, 1.82) is 0 Å². The molecule has 1 amide bonds. The van der Waals surface area contributed by atoms with Gasteiger partial charge in [0.25, 0.3) is 0 Å². The van der Waals surface area contributed by atoms with Crippen LogP contribution in [0.25, 0.3) is 0 Å². The van der Waals surface area contributed by atoms with Gasteiger partial charge in [-0.1, -0.05) is 0 Å². The Hall–Kier alpha value is -0.770. The van der Waals surface area contributed by atoms with Crippen LogP contribution in [0, 0.1) is 5.92 Å². The summed E-state index contributed by atoms with van der Waals surface area (Å²) >= 11 is 0. The molecule has 0 aromatic rings. The highest BCUT2D eigenvalue weighted by atomic mass is 16.6. The number of ether oxygens (including phenoxy) is 1. The zero-order valence-corrected chi connectivity index (χ0v) is 10.7. The molecule has 94 valence electrons. The number of hydrogen-bond donors (Lipinski definition) is 1. The first kappa shape index (κ1) is 13.3. The fraction of sp³-hybridized carbons (Fsp3) is 0.917. The fourth-order valence-electron chi connectivity index (χ4n) is 1.91. The molecule has 1 saturated heterocycles. The molecule has 1 rings (SSSR count). The lowest BCUT2D eigenvalue weighted by molar-refractivity contribution is 0.0255. The Morgan fingerprint density at radius 3 is 2.62 bits per heavy atom. The van der Waals surface area contributed by atoms with Crippen molar-refractivity contribution in [3.8, 4) is 0 Å². The van der Waals surface area contributed by atoms with Gasteiger partial charge in [0.15, 0.2) is 0 Å². The number of carbonyl (C=O) groups excluding carboxylic acids is 1. The molecule has 0 spiro atoms. The summed E-state index contributed by atoms with van der Waals surface area (Å²) in [6, 6.07) is 0. The molecule has 1 aliphatic heterocycles. The van der Waals surface area contributed by atoms with E-state index < -0.39 is 5.60 Å². The number of nitrogens with zero attached hydrogens (tertiary/aromatic N) is 1. The number of amides is 1. The molecule has 1 atom stereocenters. The zero-order chi connectivity index (χ0) is 12.2. The predicted molar refractivity (Wildman–Crippen MR) is 64.2 cm³/mol. The van der Waals surface area contributed by atoms with Crippen molar-refractivity contribution in [2.45, 2.75) is 45.6 Å². The highest BCUT2D eigenvalue weighted by molar-refractivity contribution is 5.68. The van der Waals surface area contributed by atoms with E-state index in [0.717, 1.165) is 38.9 Å². The van der Waals surface area contributed by atoms with Crippen molar-refractivity contribution >= 4 is 6.09 Å². The van der Waals surface area contributed by atoms with Gasteiger partial charge in [-0.3, -0.25) is 0 Å². The number of carbonyl (C=O) groups is 1. The third-order valence-electron chi connectivity index (χ3n) is 2.83. The van der Waals surface area contributed by atoms with E-state index in [2.05, 4.69) is 0 Å². The lowest BCUT2D eigenvalue weighted by Gasteiger charge is -2.26. The van der Waals surface area contributed by atoms with Crippen LogP contribution in [-0.4, -0.2) is 36.2 Å². The van der Waals surface area contributed by atoms with Gasteiger partial charge in [0.2, 0.25) is 0 Å². The maximum absolute atomic E-state index is 11.8. The quantitative estimate of drug-likeness (QED) is 0.746. The average molecular weight is 228 g/mol. The van der Waals surface area contributed by atoms with Crippen molar-refractivity contribution in [3.05, 3.63) is 0 Å². The predicted octanol–water partition coefficient (Wildman–Crippen LogP) is 1.98. The van der Waals surface area contributed by atoms with Crippen LogP contribution in [0.4, 0.5) is 4.79 Å². The molecule has 1 unspecified atom stereocenters. The third kappa shape index (κ3) is 4.39. The van der Waals surface area contributed by atoms with Crippen LogP contribution in [0.2, 0.25) is 0 Å². The van der Waals surface area contributed by atoms with Gasteiger partial charge in [0.05, 0.1) is 0 Å². The minimum absolute atomic E-state index is 0.190. The monoisotopic (exact) mass is 228 g/mol. The summed E-state index contributed by atoms with van der Waals surface area (Å²) in [5.41, 5.74) is 5.26. The van der Waals surface area contributed by atoms with E-state index in [1.165, 1.54) is 0 Å². The lowest BCUT2D eigenvalue weighted by Crippen LogP contribution is -2.37. The molecule has 0 aliphatic carbocycles. The molecule has 1 heterocycles. The molecular formula is C12H24N2O2. The van der Waals surface area contributed by atoms with Crippen molar-refractivity contribution < 1.29 is 9.53 Å². The first-order valence-electron chi connectivity index (χ1n) is 6.10. The first-order valence-corrected chi connectivity index (χ1v) is 6.10. The first-order chi connectivity index (χ1) is 7.42. The summed E-state index contributed by atoms with van der Waals surface area (Å²) in [5, 5.41) is 0. The second-order valence-corrected chi connectivity index (χ2v) is 5.50. The summed E-state index contributed by atoms with van der Waals surface area (Å²) in [4.78, 5) is 13.6. The van der Waals surface area contributed by atoms with Gasteiger partial charge in [-0.2, -0.15) is 0 Å². The van der Waals surface area contributed by atoms with Crippen LogP contribution in [0.5, 0.6) is 0 Å². The van der Waals surface area contributed by atoms with Gasteiger partial charge in [-0.25, -0.2) is 4.79 Å². The van der Waals surface area contributed by atoms with Gasteiger partial charge in [-0.15, -0.1) is 0 Å². The van der Waals surface area contributed by atoms with E-state index in [4.69, 9.17) is 10.5 Å². The van der Waals surface area contributed by atoms with Gasteiger partial charge in [0.1, 0.15) is 5.60 Å². The van der Waals surface area contributed by atoms with E-state index in [1.54, 1.807) is 4.90 Å². The largest absolute Gasteiger partial charge is 0.444 e. The molecule has 0 radical (unpaired) electrons. The van der Waals surface area contributed by atoms with Crippen LogP contribution in [-0.2, 0) is 4.74 Å². The Kier molecular flexibility index (Phi) is 4.59. The summed E-state index contributed by atoms with van der Waals surface area (Å²) in [7, 11) is 0. The maximum Gasteiger partial charge on any atom is 0.410 e. The molecule has 0 saturated carbocycles. The minimum atomic E-state index is -0.406. The molecule has 4 nitrogen and oxygen atoms in total. The number of likely N-dealkylation sites (tertiary alicyclic amines) is 1. The Labute approximate surface area is 98.1 Å². The van der Waals surface area contributed by atoms with E-state index in [-0.39, 0.29) is 6.09 Å². The Bertz CT molecular complexity index is 236. The van der Waals surface area contributed by atoms with E-state index >= 15 is 0 Å². The summed E-state index contributed by atoms with van der Waals surface area (Å²) < 4.78 is 5.36. The topological polar surface area (TPSA) is 55.6 Å². The van der Waals surface area contributed by atoms with Crippen LogP contribution in [0.3, 0.4) is 0 Å². The SMILES string of the molecule is CC(C)(C)OC(=O)N1CCCC(CN)CC1. The molecule has 1 fully saturated rings. The number of nitrogens with two attached hydrogens (primary N) is 1. The van der Waals surface area contributed by atoms with Gasteiger partial charge < -0.3 is 15.4 Å². The third-order valence-corrected chi connectivity index (χ3v) is 2.83. The molecule has 0 aromatic carbocycles. The van der Waals surface area contributed by atoms with Crippen LogP contribution >= 0.6 is 0 Å². The Morgan fingerprint density at radius 1 is 1.38 bits per heavy atom. The van der Waals surface area contributed by atoms with Crippen molar-refractivity contribution in [2.75, 3.05) is 19.6 Å². The van der Waals surface area contributed by atoms with Crippen molar-refractivity contribution in [1.82, 2.24) is 4.90 Å². The molecule has 0 aromatic heterocycles. The molecule has 2 N–H and O–H groups in total. The van der Waals surface area contributed by atoms with Crippen molar-refractivity contribution in [3.63, 3.8) is 0 Å². The molecular weight excluding hydrogens is 204 g/mol. The zero-order valence-electron chi connectivity index (χ0n) is 10.7. The van der Waals surface area contributed by atoms with Crippen LogP contribution in [0.15, 0.2) is 0 Å². The van der Waals surface area contributed by atoms with Gasteiger partial charge in [0, 0.05) is 13.1 Å². The lowest BCUT2D eigenvalue weighted by atomic mass is 10.0.